The molecule has 0 N–H and O–H groups in total. The van der Waals surface area contributed by atoms with Crippen LogP contribution in [0.2, 0.25) is 0 Å². The summed E-state index contributed by atoms with van der Waals surface area (Å²) in [4.78, 5) is 25.4. The molecular weight excluding hydrogens is 202 g/mol. The van der Waals surface area contributed by atoms with E-state index in [9.17, 15) is 9.59 Å². The molecule has 2 aliphatic rings. The van der Waals surface area contributed by atoms with Gasteiger partial charge in [0, 0.05) is 31.0 Å². The van der Waals surface area contributed by atoms with Crippen molar-refractivity contribution in [3.63, 3.8) is 0 Å². The lowest BCUT2D eigenvalue weighted by Gasteiger charge is -2.39. The fourth-order valence-corrected chi connectivity index (χ4v) is 2.67. The van der Waals surface area contributed by atoms with Gasteiger partial charge in [-0.1, -0.05) is 18.2 Å². The second-order valence-corrected chi connectivity index (χ2v) is 4.51. The summed E-state index contributed by atoms with van der Waals surface area (Å²) in [6.07, 6.45) is 1.87. The van der Waals surface area contributed by atoms with Gasteiger partial charge in [0.05, 0.1) is 0 Å². The number of hydrogen-bond donors (Lipinski definition) is 0. The van der Waals surface area contributed by atoms with Crippen LogP contribution in [-0.2, 0) is 11.2 Å². The first-order valence-electron chi connectivity index (χ1n) is 5.66. The molecule has 3 rings (SSSR count). The van der Waals surface area contributed by atoms with Gasteiger partial charge in [-0.15, -0.1) is 0 Å². The summed E-state index contributed by atoms with van der Waals surface area (Å²) < 4.78 is 0. The van der Waals surface area contributed by atoms with E-state index in [1.165, 1.54) is 0 Å². The number of ketones is 1. The van der Waals surface area contributed by atoms with Gasteiger partial charge in [-0.05, 0) is 18.1 Å². The summed E-state index contributed by atoms with van der Waals surface area (Å²) in [5, 5.41) is 0. The van der Waals surface area contributed by atoms with Crippen molar-refractivity contribution < 1.29 is 9.59 Å². The highest BCUT2D eigenvalue weighted by Gasteiger charge is 2.35. The summed E-state index contributed by atoms with van der Waals surface area (Å²) in [6.45, 7) is 0.594. The topological polar surface area (TPSA) is 37.4 Å². The van der Waals surface area contributed by atoms with Crippen LogP contribution in [0.1, 0.15) is 28.8 Å². The Morgan fingerprint density at radius 3 is 2.81 bits per heavy atom. The highest BCUT2D eigenvalue weighted by molar-refractivity contribution is 5.98. The first kappa shape index (κ1) is 9.58. The molecule has 1 aromatic carbocycles. The maximum absolute atomic E-state index is 12.2. The number of amides is 1. The number of nitrogens with zero attached hydrogens (tertiary/aromatic N) is 1. The van der Waals surface area contributed by atoms with Gasteiger partial charge in [0.25, 0.3) is 5.91 Å². The molecule has 82 valence electrons. The Morgan fingerprint density at radius 1 is 1.12 bits per heavy atom. The molecule has 0 saturated carbocycles. The lowest BCUT2D eigenvalue weighted by molar-refractivity contribution is -0.122. The van der Waals surface area contributed by atoms with E-state index in [0.717, 1.165) is 17.5 Å². The van der Waals surface area contributed by atoms with Crippen LogP contribution in [0.15, 0.2) is 24.3 Å². The van der Waals surface area contributed by atoms with Crippen LogP contribution in [0.25, 0.3) is 0 Å². The van der Waals surface area contributed by atoms with Crippen LogP contribution >= 0.6 is 0 Å². The number of hydrogen-bond acceptors (Lipinski definition) is 2. The molecule has 1 unspecified atom stereocenters. The normalized spacial score (nSPS) is 24.0. The Kier molecular flexibility index (Phi) is 2.06. The Morgan fingerprint density at radius 2 is 1.94 bits per heavy atom. The van der Waals surface area contributed by atoms with Crippen molar-refractivity contribution in [2.45, 2.75) is 25.3 Å². The lowest BCUT2D eigenvalue weighted by atomic mass is 9.87. The Balaban J connectivity index is 2.00. The third kappa shape index (κ3) is 1.35. The molecule has 1 atom stereocenters. The minimum absolute atomic E-state index is 0.0966. The van der Waals surface area contributed by atoms with Gasteiger partial charge in [-0.2, -0.15) is 0 Å². The molecule has 2 heterocycles. The van der Waals surface area contributed by atoms with Crippen LogP contribution in [0.5, 0.6) is 0 Å². The Hall–Kier alpha value is -1.64. The average Bonchev–Trinajstić information content (AvgIpc) is 2.29. The van der Waals surface area contributed by atoms with Crippen LogP contribution in [0, 0.1) is 0 Å². The molecule has 1 aromatic rings. The fourth-order valence-electron chi connectivity index (χ4n) is 2.67. The molecule has 0 spiro atoms. The third-order valence-electron chi connectivity index (χ3n) is 3.50. The molecule has 1 saturated heterocycles. The zero-order valence-corrected chi connectivity index (χ0v) is 8.98. The van der Waals surface area contributed by atoms with Gasteiger partial charge in [-0.3, -0.25) is 9.59 Å². The van der Waals surface area contributed by atoms with Crippen LogP contribution in [0.4, 0.5) is 0 Å². The number of fused-ring (bicyclic) bond motifs is 2. The summed E-state index contributed by atoms with van der Waals surface area (Å²) in [5.41, 5.74) is 1.90. The van der Waals surface area contributed by atoms with Crippen molar-refractivity contribution in [1.82, 2.24) is 4.90 Å². The van der Waals surface area contributed by atoms with E-state index in [1.54, 1.807) is 0 Å². The molecule has 0 radical (unpaired) electrons. The van der Waals surface area contributed by atoms with E-state index in [-0.39, 0.29) is 17.7 Å². The molecule has 16 heavy (non-hydrogen) atoms. The molecule has 3 heteroatoms. The third-order valence-corrected chi connectivity index (χ3v) is 3.50. The smallest absolute Gasteiger partial charge is 0.254 e. The SMILES string of the molecule is O=C1CCN2C(=O)c3ccccc3CC2C1. The minimum Gasteiger partial charge on any atom is -0.334 e. The van der Waals surface area contributed by atoms with Crippen molar-refractivity contribution in [2.75, 3.05) is 6.54 Å². The first-order valence-corrected chi connectivity index (χ1v) is 5.66. The number of benzene rings is 1. The number of rotatable bonds is 0. The van der Waals surface area contributed by atoms with E-state index in [1.807, 2.05) is 29.2 Å². The zero-order valence-electron chi connectivity index (χ0n) is 8.98. The van der Waals surface area contributed by atoms with Gasteiger partial charge in [0.1, 0.15) is 5.78 Å². The molecule has 3 nitrogen and oxygen atoms in total. The number of piperidine rings is 1. The van der Waals surface area contributed by atoms with Crippen LogP contribution < -0.4 is 0 Å². The molecule has 0 aliphatic carbocycles. The summed E-state index contributed by atoms with van der Waals surface area (Å²) >= 11 is 0. The van der Waals surface area contributed by atoms with E-state index in [0.29, 0.717) is 19.4 Å². The fraction of sp³-hybridized carbons (Fsp3) is 0.385. The standard InChI is InChI=1S/C13H13NO2/c15-11-5-6-14-10(8-11)7-9-3-1-2-4-12(9)13(14)16/h1-4,10H,5-8H2. The number of Topliss-reactive ketones (excluding diaryl/α,β-unsaturated/α-hetero) is 1. The largest absolute Gasteiger partial charge is 0.334 e. The van der Waals surface area contributed by atoms with Crippen LogP contribution in [-0.4, -0.2) is 29.2 Å². The van der Waals surface area contributed by atoms with Crippen molar-refractivity contribution in [1.29, 1.82) is 0 Å². The predicted octanol–water partition coefficient (Wildman–Crippen LogP) is 1.42. The quantitative estimate of drug-likeness (QED) is 0.656. The predicted molar refractivity (Wildman–Crippen MR) is 59.2 cm³/mol. The maximum Gasteiger partial charge on any atom is 0.254 e. The second kappa shape index (κ2) is 3.44. The summed E-state index contributed by atoms with van der Waals surface area (Å²) in [6, 6.07) is 7.82. The summed E-state index contributed by atoms with van der Waals surface area (Å²) in [7, 11) is 0. The average molecular weight is 215 g/mol. The van der Waals surface area contributed by atoms with E-state index < -0.39 is 0 Å². The van der Waals surface area contributed by atoms with Crippen LogP contribution in [0.3, 0.4) is 0 Å². The van der Waals surface area contributed by atoms with E-state index in [2.05, 4.69) is 0 Å². The van der Waals surface area contributed by atoms with Crippen molar-refractivity contribution in [3.05, 3.63) is 35.4 Å². The van der Waals surface area contributed by atoms with E-state index >= 15 is 0 Å². The maximum atomic E-state index is 12.2. The minimum atomic E-state index is 0.0966. The Labute approximate surface area is 94.1 Å². The van der Waals surface area contributed by atoms with Gasteiger partial charge < -0.3 is 4.90 Å². The Bertz CT molecular complexity index is 467. The van der Waals surface area contributed by atoms with Crippen molar-refractivity contribution in [3.8, 4) is 0 Å². The molecular formula is C13H13NO2. The molecule has 0 aromatic heterocycles. The van der Waals surface area contributed by atoms with Gasteiger partial charge in [0.15, 0.2) is 0 Å². The summed E-state index contributed by atoms with van der Waals surface area (Å²) in [5.74, 6) is 0.382. The van der Waals surface area contributed by atoms with Crippen molar-refractivity contribution >= 4 is 11.7 Å². The van der Waals surface area contributed by atoms with Crippen molar-refractivity contribution in [2.24, 2.45) is 0 Å². The number of carbonyl (C=O) groups excluding carboxylic acids is 2. The zero-order chi connectivity index (χ0) is 11.1. The van der Waals surface area contributed by atoms with Gasteiger partial charge in [-0.25, -0.2) is 0 Å². The highest BCUT2D eigenvalue weighted by atomic mass is 16.2. The first-order chi connectivity index (χ1) is 7.75. The molecule has 1 fully saturated rings. The molecule has 1 amide bonds. The number of carbonyl (C=O) groups is 2. The lowest BCUT2D eigenvalue weighted by Crippen LogP contribution is -2.50. The van der Waals surface area contributed by atoms with Gasteiger partial charge in [0.2, 0.25) is 0 Å². The second-order valence-electron chi connectivity index (χ2n) is 4.51. The van der Waals surface area contributed by atoms with E-state index in [4.69, 9.17) is 0 Å². The monoisotopic (exact) mass is 215 g/mol. The molecule has 0 bridgehead atoms. The highest BCUT2D eigenvalue weighted by Crippen LogP contribution is 2.27. The molecule has 2 aliphatic heterocycles. The van der Waals surface area contributed by atoms with Gasteiger partial charge >= 0.3 is 0 Å².